The molecule has 0 atom stereocenters. The van der Waals surface area contributed by atoms with E-state index >= 15 is 0 Å². The Morgan fingerprint density at radius 1 is 1.11 bits per heavy atom. The third-order valence-electron chi connectivity index (χ3n) is 5.94. The topological polar surface area (TPSA) is 126 Å². The number of hydroxylamine groups is 1. The summed E-state index contributed by atoms with van der Waals surface area (Å²) in [6.45, 7) is 3.62. The van der Waals surface area contributed by atoms with E-state index in [2.05, 4.69) is 26.1 Å². The highest BCUT2D eigenvalue weighted by Gasteiger charge is 2.26. The van der Waals surface area contributed by atoms with Crippen molar-refractivity contribution in [2.75, 3.05) is 34.8 Å². The van der Waals surface area contributed by atoms with Gasteiger partial charge < -0.3 is 10.6 Å². The van der Waals surface area contributed by atoms with Gasteiger partial charge in [0, 0.05) is 19.3 Å². The maximum absolute atomic E-state index is 13.6. The first-order valence-electron chi connectivity index (χ1n) is 11.7. The standard InChI is InChI=1S/C25H29FN6O4S/c1-5-36-31-25(33)18-13-27-24(30-23-10-15(2)19(26)14-28-23)12-21(18)29-20-9-8-17(16-6-7-16)11-22(20)32(3)37(4,34)35/h8-14,16H,5-7H2,1-4H3,(H,31,33)(H2,27,28,29,30). The zero-order valence-electron chi connectivity index (χ0n) is 21.0. The van der Waals surface area contributed by atoms with Crippen LogP contribution in [0.1, 0.15) is 47.2 Å². The van der Waals surface area contributed by atoms with Crippen LogP contribution < -0.4 is 20.4 Å². The molecule has 37 heavy (non-hydrogen) atoms. The molecule has 0 bridgehead atoms. The van der Waals surface area contributed by atoms with Gasteiger partial charge in [-0.25, -0.2) is 28.3 Å². The molecule has 0 unspecified atom stereocenters. The number of rotatable bonds is 10. The second kappa shape index (κ2) is 10.7. The summed E-state index contributed by atoms with van der Waals surface area (Å²) in [5, 5.41) is 6.21. The molecular weight excluding hydrogens is 499 g/mol. The van der Waals surface area contributed by atoms with E-state index in [1.54, 1.807) is 26.0 Å². The van der Waals surface area contributed by atoms with Crippen molar-refractivity contribution >= 4 is 44.6 Å². The second-order valence-corrected chi connectivity index (χ2v) is 10.8. The number of nitrogens with one attached hydrogen (secondary N) is 3. The van der Waals surface area contributed by atoms with Crippen molar-refractivity contribution in [1.29, 1.82) is 0 Å². The average Bonchev–Trinajstić information content (AvgIpc) is 3.70. The quantitative estimate of drug-likeness (QED) is 0.331. The minimum atomic E-state index is -3.56. The molecule has 0 aliphatic heterocycles. The van der Waals surface area contributed by atoms with Crippen molar-refractivity contribution in [1.82, 2.24) is 15.4 Å². The predicted octanol–water partition coefficient (Wildman–Crippen LogP) is 4.37. The highest BCUT2D eigenvalue weighted by atomic mass is 32.2. The largest absolute Gasteiger partial charge is 0.353 e. The third kappa shape index (κ3) is 6.33. The number of halogens is 1. The third-order valence-corrected chi connectivity index (χ3v) is 7.13. The van der Waals surface area contributed by atoms with Crippen molar-refractivity contribution in [2.24, 2.45) is 0 Å². The summed E-state index contributed by atoms with van der Waals surface area (Å²) in [6.07, 6.45) is 5.72. The lowest BCUT2D eigenvalue weighted by Crippen LogP contribution is -2.26. The number of aromatic nitrogens is 2. The SMILES string of the molecule is CCONC(=O)c1cnc(Nc2cc(C)c(F)cn2)cc1Nc1ccc(C2CC2)cc1N(C)S(C)(=O)=O. The summed E-state index contributed by atoms with van der Waals surface area (Å²) in [6, 6.07) is 8.72. The molecule has 1 saturated carbocycles. The number of carbonyl (C=O) groups is 1. The first kappa shape index (κ1) is 26.3. The van der Waals surface area contributed by atoms with E-state index in [1.807, 2.05) is 12.1 Å². The van der Waals surface area contributed by atoms with E-state index in [0.29, 0.717) is 40.2 Å². The van der Waals surface area contributed by atoms with Gasteiger partial charge in [-0.05, 0) is 61.9 Å². The minimum Gasteiger partial charge on any atom is -0.353 e. The van der Waals surface area contributed by atoms with Crippen LogP contribution in [0.3, 0.4) is 0 Å². The zero-order valence-corrected chi connectivity index (χ0v) is 21.8. The molecule has 196 valence electrons. The molecule has 0 radical (unpaired) electrons. The van der Waals surface area contributed by atoms with E-state index in [9.17, 15) is 17.6 Å². The van der Waals surface area contributed by atoms with E-state index < -0.39 is 21.7 Å². The Labute approximate surface area is 215 Å². The van der Waals surface area contributed by atoms with Crippen LogP contribution in [0.25, 0.3) is 0 Å². The number of nitrogens with zero attached hydrogens (tertiary/aromatic N) is 3. The van der Waals surface area contributed by atoms with Crippen molar-refractivity contribution in [3.63, 3.8) is 0 Å². The average molecular weight is 529 g/mol. The Morgan fingerprint density at radius 2 is 1.81 bits per heavy atom. The van der Waals surface area contributed by atoms with Crippen LogP contribution in [-0.2, 0) is 14.9 Å². The Kier molecular flexibility index (Phi) is 7.60. The molecule has 1 amide bonds. The number of sulfonamides is 1. The fourth-order valence-electron chi connectivity index (χ4n) is 3.65. The number of carbonyl (C=O) groups excluding carboxylic acids is 1. The van der Waals surface area contributed by atoms with Gasteiger partial charge in [-0.15, -0.1) is 0 Å². The Morgan fingerprint density at radius 3 is 2.46 bits per heavy atom. The molecule has 1 aromatic carbocycles. The highest BCUT2D eigenvalue weighted by Crippen LogP contribution is 2.43. The molecule has 2 aromatic heterocycles. The first-order chi connectivity index (χ1) is 17.6. The lowest BCUT2D eigenvalue weighted by atomic mass is 10.1. The van der Waals surface area contributed by atoms with Crippen LogP contribution in [0, 0.1) is 12.7 Å². The van der Waals surface area contributed by atoms with Gasteiger partial charge in [0.2, 0.25) is 10.0 Å². The minimum absolute atomic E-state index is 0.168. The van der Waals surface area contributed by atoms with Gasteiger partial charge in [0.05, 0.1) is 41.7 Å². The summed E-state index contributed by atoms with van der Waals surface area (Å²) in [4.78, 5) is 26.2. The smallest absolute Gasteiger partial charge is 0.278 e. The second-order valence-electron chi connectivity index (χ2n) is 8.83. The Balaban J connectivity index is 1.74. The molecule has 4 rings (SSSR count). The number of anilines is 5. The lowest BCUT2D eigenvalue weighted by molar-refractivity contribution is 0.0365. The highest BCUT2D eigenvalue weighted by molar-refractivity contribution is 7.92. The molecule has 3 aromatic rings. The van der Waals surface area contributed by atoms with Gasteiger partial charge in [0.25, 0.3) is 5.91 Å². The number of amides is 1. The molecule has 0 spiro atoms. The van der Waals surface area contributed by atoms with Crippen molar-refractivity contribution in [3.05, 3.63) is 65.2 Å². The molecule has 1 aliphatic rings. The van der Waals surface area contributed by atoms with E-state index in [-0.39, 0.29) is 12.2 Å². The van der Waals surface area contributed by atoms with Gasteiger partial charge >= 0.3 is 0 Å². The van der Waals surface area contributed by atoms with Gasteiger partial charge in [0.15, 0.2) is 0 Å². The molecule has 12 heteroatoms. The fraction of sp³-hybridized carbons (Fsp3) is 0.320. The Hall–Kier alpha value is -3.77. The van der Waals surface area contributed by atoms with Crippen LogP contribution in [0.15, 0.2) is 42.7 Å². The fourth-order valence-corrected chi connectivity index (χ4v) is 4.16. The number of hydrogen-bond acceptors (Lipinski definition) is 8. The number of benzene rings is 1. The molecule has 0 saturated heterocycles. The predicted molar refractivity (Wildman–Crippen MR) is 140 cm³/mol. The molecule has 10 nitrogen and oxygen atoms in total. The first-order valence-corrected chi connectivity index (χ1v) is 13.6. The number of aryl methyl sites for hydroxylation is 1. The maximum Gasteiger partial charge on any atom is 0.278 e. The van der Waals surface area contributed by atoms with Gasteiger partial charge in [-0.1, -0.05) is 6.07 Å². The van der Waals surface area contributed by atoms with E-state index in [0.717, 1.165) is 30.9 Å². The monoisotopic (exact) mass is 528 g/mol. The molecule has 1 aliphatic carbocycles. The zero-order chi connectivity index (χ0) is 26.7. The van der Waals surface area contributed by atoms with Crippen LogP contribution in [-0.4, -0.2) is 44.2 Å². The molecule has 1 fully saturated rings. The Bertz CT molecular complexity index is 1430. The normalized spacial score (nSPS) is 13.2. The molecule has 3 N–H and O–H groups in total. The van der Waals surface area contributed by atoms with Crippen LogP contribution >= 0.6 is 0 Å². The number of pyridine rings is 2. The maximum atomic E-state index is 13.6. The van der Waals surface area contributed by atoms with Gasteiger partial charge in [-0.2, -0.15) is 0 Å². The summed E-state index contributed by atoms with van der Waals surface area (Å²) < 4.78 is 39.6. The van der Waals surface area contributed by atoms with Crippen molar-refractivity contribution in [2.45, 2.75) is 32.6 Å². The van der Waals surface area contributed by atoms with Crippen LogP contribution in [0.2, 0.25) is 0 Å². The molecular formula is C25H29FN6O4S. The summed E-state index contributed by atoms with van der Waals surface area (Å²) in [5.74, 6) is 0.154. The summed E-state index contributed by atoms with van der Waals surface area (Å²) >= 11 is 0. The van der Waals surface area contributed by atoms with Crippen LogP contribution in [0.5, 0.6) is 0 Å². The van der Waals surface area contributed by atoms with Gasteiger partial charge in [-0.3, -0.25) is 13.9 Å². The summed E-state index contributed by atoms with van der Waals surface area (Å²) in [5.41, 5.74) is 5.26. The summed E-state index contributed by atoms with van der Waals surface area (Å²) in [7, 11) is -2.07. The van der Waals surface area contributed by atoms with E-state index in [4.69, 9.17) is 4.84 Å². The molecule has 2 heterocycles. The van der Waals surface area contributed by atoms with Crippen molar-refractivity contribution in [3.8, 4) is 0 Å². The number of hydrogen-bond donors (Lipinski definition) is 3. The van der Waals surface area contributed by atoms with Crippen molar-refractivity contribution < 1.29 is 22.4 Å². The van der Waals surface area contributed by atoms with Gasteiger partial charge in [0.1, 0.15) is 17.5 Å². The lowest BCUT2D eigenvalue weighted by Gasteiger charge is -2.23. The van der Waals surface area contributed by atoms with Crippen LogP contribution in [0.4, 0.5) is 33.1 Å². The van der Waals surface area contributed by atoms with E-state index in [1.165, 1.54) is 23.6 Å².